The lowest BCUT2D eigenvalue weighted by Gasteiger charge is -2.23. The number of nitrogens with zero attached hydrogens (tertiary/aromatic N) is 2. The maximum absolute atomic E-state index is 13.4. The van der Waals surface area contributed by atoms with Crippen molar-refractivity contribution in [1.29, 1.82) is 0 Å². The second-order valence-corrected chi connectivity index (χ2v) is 8.45. The van der Waals surface area contributed by atoms with Crippen molar-refractivity contribution in [3.63, 3.8) is 0 Å². The highest BCUT2D eigenvalue weighted by atomic mass is 32.2. The van der Waals surface area contributed by atoms with E-state index in [0.29, 0.717) is 9.87 Å². The van der Waals surface area contributed by atoms with E-state index in [1.807, 2.05) is 6.92 Å². The van der Waals surface area contributed by atoms with Crippen molar-refractivity contribution in [2.24, 2.45) is 0 Å². The summed E-state index contributed by atoms with van der Waals surface area (Å²) in [5.41, 5.74) is 1.17. The molecule has 3 aromatic rings. The Balaban J connectivity index is 2.18. The molecule has 0 radical (unpaired) electrons. The summed E-state index contributed by atoms with van der Waals surface area (Å²) in [6.07, 6.45) is 0.754. The number of aryl methyl sites for hydroxylation is 2. The summed E-state index contributed by atoms with van der Waals surface area (Å²) in [4.78, 5) is 24.0. The van der Waals surface area contributed by atoms with Crippen molar-refractivity contribution >= 4 is 27.3 Å². The van der Waals surface area contributed by atoms with Gasteiger partial charge in [0.05, 0.1) is 15.5 Å². The highest BCUT2D eigenvalue weighted by molar-refractivity contribution is 7.93. The minimum atomic E-state index is -4.25. The van der Waals surface area contributed by atoms with Gasteiger partial charge in [-0.25, -0.2) is 8.42 Å². The van der Waals surface area contributed by atoms with Gasteiger partial charge in [-0.15, -0.1) is 0 Å². The molecule has 30 heavy (non-hydrogen) atoms. The number of nitro groups is 1. The van der Waals surface area contributed by atoms with Gasteiger partial charge in [-0.3, -0.25) is 14.9 Å². The minimum absolute atomic E-state index is 0.0560. The van der Waals surface area contributed by atoms with Crippen molar-refractivity contribution in [3.05, 3.63) is 99.6 Å². The molecule has 154 valence electrons. The van der Waals surface area contributed by atoms with Gasteiger partial charge in [-0.1, -0.05) is 43.3 Å². The van der Waals surface area contributed by atoms with E-state index in [1.165, 1.54) is 24.3 Å². The average molecular weight is 424 g/mol. The SMILES string of the molecule is CCc1ccc(N(C(=O)c2ccc(C)c([N+](=O)[O-])c2)S(=O)(=O)c2ccccc2)cc1. The van der Waals surface area contributed by atoms with Crippen LogP contribution in [0.3, 0.4) is 0 Å². The van der Waals surface area contributed by atoms with E-state index in [-0.39, 0.29) is 21.8 Å². The number of benzene rings is 3. The molecule has 7 nitrogen and oxygen atoms in total. The van der Waals surface area contributed by atoms with Crippen molar-refractivity contribution in [2.75, 3.05) is 4.31 Å². The Morgan fingerprint density at radius 2 is 1.63 bits per heavy atom. The van der Waals surface area contributed by atoms with Gasteiger partial charge in [0.15, 0.2) is 0 Å². The smallest absolute Gasteiger partial charge is 0.268 e. The van der Waals surface area contributed by atoms with Gasteiger partial charge in [0.25, 0.3) is 21.6 Å². The molecular weight excluding hydrogens is 404 g/mol. The second-order valence-electron chi connectivity index (χ2n) is 6.67. The van der Waals surface area contributed by atoms with Crippen molar-refractivity contribution in [1.82, 2.24) is 0 Å². The third-order valence-electron chi connectivity index (χ3n) is 4.70. The lowest BCUT2D eigenvalue weighted by molar-refractivity contribution is -0.385. The molecule has 0 N–H and O–H groups in total. The van der Waals surface area contributed by atoms with E-state index in [4.69, 9.17) is 0 Å². The van der Waals surface area contributed by atoms with Gasteiger partial charge < -0.3 is 0 Å². The standard InChI is InChI=1S/C22H20N2O5S/c1-3-17-10-13-19(14-11-17)23(30(28,29)20-7-5-4-6-8-20)22(25)18-12-9-16(2)21(15-18)24(26)27/h4-15H,3H2,1-2H3. The summed E-state index contributed by atoms with van der Waals surface area (Å²) in [5.74, 6) is -0.869. The number of hydrogen-bond donors (Lipinski definition) is 0. The summed E-state index contributed by atoms with van der Waals surface area (Å²) >= 11 is 0. The number of sulfonamides is 1. The van der Waals surface area contributed by atoms with Crippen LogP contribution in [-0.4, -0.2) is 19.2 Å². The molecule has 0 atom stereocenters. The molecular formula is C22H20N2O5S. The molecule has 3 aromatic carbocycles. The molecule has 1 amide bonds. The molecule has 0 fully saturated rings. The van der Waals surface area contributed by atoms with Gasteiger partial charge in [-0.2, -0.15) is 4.31 Å². The van der Waals surface area contributed by atoms with E-state index >= 15 is 0 Å². The summed E-state index contributed by atoms with van der Waals surface area (Å²) in [5, 5.41) is 11.3. The maximum atomic E-state index is 13.4. The lowest BCUT2D eigenvalue weighted by atomic mass is 10.1. The van der Waals surface area contributed by atoms with E-state index < -0.39 is 20.9 Å². The van der Waals surface area contributed by atoms with Gasteiger partial charge >= 0.3 is 0 Å². The zero-order valence-electron chi connectivity index (χ0n) is 16.5. The number of nitro benzene ring substituents is 1. The normalized spacial score (nSPS) is 11.1. The van der Waals surface area contributed by atoms with Gasteiger partial charge in [0.2, 0.25) is 0 Å². The molecule has 0 aliphatic rings. The number of anilines is 1. The highest BCUT2D eigenvalue weighted by Gasteiger charge is 2.32. The number of rotatable bonds is 6. The monoisotopic (exact) mass is 424 g/mol. The van der Waals surface area contributed by atoms with Crippen LogP contribution in [0.1, 0.15) is 28.4 Å². The van der Waals surface area contributed by atoms with Crippen molar-refractivity contribution < 1.29 is 18.1 Å². The molecule has 0 bridgehead atoms. The van der Waals surface area contributed by atoms with Crippen LogP contribution in [0.4, 0.5) is 11.4 Å². The number of carbonyl (C=O) groups is 1. The van der Waals surface area contributed by atoms with E-state index in [2.05, 4.69) is 0 Å². The van der Waals surface area contributed by atoms with Crippen molar-refractivity contribution in [3.8, 4) is 0 Å². The molecule has 3 rings (SSSR count). The van der Waals surface area contributed by atoms with E-state index in [0.717, 1.165) is 18.1 Å². The quantitative estimate of drug-likeness (QED) is 0.429. The Labute approximate surface area is 174 Å². The zero-order valence-corrected chi connectivity index (χ0v) is 17.3. The third kappa shape index (κ3) is 4.08. The number of hydrogen-bond acceptors (Lipinski definition) is 5. The average Bonchev–Trinajstić information content (AvgIpc) is 2.75. The summed E-state index contributed by atoms with van der Waals surface area (Å²) < 4.78 is 27.4. The first-order chi connectivity index (χ1) is 14.3. The first kappa shape index (κ1) is 21.2. The van der Waals surface area contributed by atoms with Crippen LogP contribution in [0.2, 0.25) is 0 Å². The van der Waals surface area contributed by atoms with E-state index in [9.17, 15) is 23.3 Å². The predicted molar refractivity (Wildman–Crippen MR) is 114 cm³/mol. The fourth-order valence-corrected chi connectivity index (χ4v) is 4.42. The van der Waals surface area contributed by atoms with Crippen LogP contribution in [0.5, 0.6) is 0 Å². The predicted octanol–water partition coefficient (Wildman–Crippen LogP) is 4.50. The largest absolute Gasteiger partial charge is 0.273 e. The Morgan fingerprint density at radius 1 is 1.00 bits per heavy atom. The molecule has 0 unspecified atom stereocenters. The Morgan fingerprint density at radius 3 is 2.20 bits per heavy atom. The number of amides is 1. The van der Waals surface area contributed by atoms with Crippen LogP contribution < -0.4 is 4.31 Å². The highest BCUT2D eigenvalue weighted by Crippen LogP contribution is 2.28. The molecule has 0 aliphatic heterocycles. The van der Waals surface area contributed by atoms with E-state index in [1.54, 1.807) is 49.4 Å². The molecule has 0 spiro atoms. The lowest BCUT2D eigenvalue weighted by Crippen LogP contribution is -2.37. The fraction of sp³-hybridized carbons (Fsp3) is 0.136. The third-order valence-corrected chi connectivity index (χ3v) is 6.42. The van der Waals surface area contributed by atoms with Gasteiger partial charge in [-0.05, 0) is 49.2 Å². The maximum Gasteiger partial charge on any atom is 0.273 e. The summed E-state index contributed by atoms with van der Waals surface area (Å²) in [6.45, 7) is 3.51. The van der Waals surface area contributed by atoms with Crippen molar-refractivity contribution in [2.45, 2.75) is 25.2 Å². The van der Waals surface area contributed by atoms with Crippen LogP contribution in [0, 0.1) is 17.0 Å². The van der Waals surface area contributed by atoms with Gasteiger partial charge in [0.1, 0.15) is 0 Å². The molecule has 0 saturated carbocycles. The Hall–Kier alpha value is -3.52. The first-order valence-electron chi connectivity index (χ1n) is 9.24. The second kappa shape index (κ2) is 8.46. The topological polar surface area (TPSA) is 97.6 Å². The van der Waals surface area contributed by atoms with Crippen LogP contribution in [0.25, 0.3) is 0 Å². The van der Waals surface area contributed by atoms with Crippen LogP contribution in [-0.2, 0) is 16.4 Å². The minimum Gasteiger partial charge on any atom is -0.268 e. The summed E-state index contributed by atoms with van der Waals surface area (Å²) in [6, 6.07) is 18.1. The zero-order chi connectivity index (χ0) is 21.9. The van der Waals surface area contributed by atoms with Gasteiger partial charge in [0, 0.05) is 17.2 Å². The molecule has 8 heteroatoms. The fourth-order valence-electron chi connectivity index (χ4n) is 2.99. The molecule has 0 saturated heterocycles. The molecule has 0 aliphatic carbocycles. The Bertz CT molecular complexity index is 1190. The molecule has 0 aromatic heterocycles. The Kier molecular flexibility index (Phi) is 5.98. The first-order valence-corrected chi connectivity index (χ1v) is 10.7. The van der Waals surface area contributed by atoms with Crippen LogP contribution in [0.15, 0.2) is 77.7 Å². The molecule has 0 heterocycles. The number of carbonyl (C=O) groups excluding carboxylic acids is 1. The summed E-state index contributed by atoms with van der Waals surface area (Å²) in [7, 11) is -4.25. The van der Waals surface area contributed by atoms with Crippen LogP contribution >= 0.6 is 0 Å².